The fraction of sp³-hybridized carbons (Fsp3) is 0.733. The second kappa shape index (κ2) is 6.68. The summed E-state index contributed by atoms with van der Waals surface area (Å²) in [5.41, 5.74) is -0.0658. The Morgan fingerprint density at radius 2 is 1.95 bits per heavy atom. The largest absolute Gasteiger partial charge is 0.396 e. The van der Waals surface area contributed by atoms with Crippen LogP contribution >= 0.6 is 0 Å². The Bertz CT molecular complexity index is 429. The van der Waals surface area contributed by atoms with Crippen molar-refractivity contribution in [3.05, 3.63) is 18.5 Å². The molecule has 21 heavy (non-hydrogen) atoms. The van der Waals surface area contributed by atoms with E-state index in [-0.39, 0.29) is 12.0 Å². The van der Waals surface area contributed by atoms with Gasteiger partial charge in [0.15, 0.2) is 0 Å². The lowest BCUT2D eigenvalue weighted by Gasteiger charge is -2.42. The van der Waals surface area contributed by atoms with Crippen LogP contribution in [-0.2, 0) is 4.74 Å². The van der Waals surface area contributed by atoms with Gasteiger partial charge in [-0.05, 0) is 18.9 Å². The van der Waals surface area contributed by atoms with Gasteiger partial charge in [0.1, 0.15) is 0 Å². The third-order valence-electron chi connectivity index (χ3n) is 4.51. The van der Waals surface area contributed by atoms with Gasteiger partial charge in [-0.1, -0.05) is 0 Å². The first-order valence-corrected chi connectivity index (χ1v) is 7.74. The molecule has 2 aliphatic heterocycles. The summed E-state index contributed by atoms with van der Waals surface area (Å²) in [6.07, 6.45) is 5.69. The third kappa shape index (κ3) is 3.51. The van der Waals surface area contributed by atoms with E-state index in [2.05, 4.69) is 19.8 Å². The van der Waals surface area contributed by atoms with Crippen molar-refractivity contribution in [1.29, 1.82) is 0 Å². The normalized spacial score (nSPS) is 27.8. The van der Waals surface area contributed by atoms with Gasteiger partial charge in [0.05, 0.1) is 13.2 Å². The molecule has 2 saturated heterocycles. The Morgan fingerprint density at radius 3 is 2.57 bits per heavy atom. The second-order valence-electron chi connectivity index (χ2n) is 6.13. The highest BCUT2D eigenvalue weighted by Gasteiger charge is 2.35. The molecule has 0 saturated carbocycles. The quantitative estimate of drug-likeness (QED) is 0.866. The molecule has 6 nitrogen and oxygen atoms in total. The smallest absolute Gasteiger partial charge is 0.225 e. The van der Waals surface area contributed by atoms with Crippen molar-refractivity contribution in [3.63, 3.8) is 0 Å². The summed E-state index contributed by atoms with van der Waals surface area (Å²) in [6, 6.07) is 1.84. The van der Waals surface area contributed by atoms with Gasteiger partial charge in [-0.25, -0.2) is 9.97 Å². The number of aromatic nitrogens is 2. The molecular weight excluding hydrogens is 268 g/mol. The number of nitrogens with zero attached hydrogens (tertiary/aromatic N) is 4. The molecule has 0 radical (unpaired) electrons. The highest BCUT2D eigenvalue weighted by Crippen LogP contribution is 2.29. The molecule has 3 rings (SSSR count). The molecule has 116 valence electrons. The standard InChI is InChI=1S/C15H24N4O2/c20-12-15(3-1-10-21-13-15)11-18-6-8-19(9-7-18)14-16-4-2-5-17-14/h2,4-5,20H,1,3,6-13H2. The number of aliphatic hydroxyl groups is 1. The molecule has 1 unspecified atom stereocenters. The summed E-state index contributed by atoms with van der Waals surface area (Å²) in [6.45, 7) is 6.51. The minimum atomic E-state index is -0.0658. The summed E-state index contributed by atoms with van der Waals surface area (Å²) in [5, 5.41) is 9.77. The van der Waals surface area contributed by atoms with Crippen LogP contribution in [0.3, 0.4) is 0 Å². The lowest BCUT2D eigenvalue weighted by atomic mass is 9.82. The third-order valence-corrected chi connectivity index (χ3v) is 4.51. The Kier molecular flexibility index (Phi) is 4.67. The molecule has 0 bridgehead atoms. The van der Waals surface area contributed by atoms with Crippen LogP contribution in [0.15, 0.2) is 18.5 Å². The molecule has 1 N–H and O–H groups in total. The van der Waals surface area contributed by atoms with Crippen LogP contribution in [0.4, 0.5) is 5.95 Å². The maximum atomic E-state index is 9.77. The van der Waals surface area contributed by atoms with E-state index in [4.69, 9.17) is 4.74 Å². The molecule has 2 fully saturated rings. The van der Waals surface area contributed by atoms with Crippen LogP contribution in [0.5, 0.6) is 0 Å². The molecule has 0 amide bonds. The second-order valence-corrected chi connectivity index (χ2v) is 6.13. The molecule has 0 aliphatic carbocycles. The van der Waals surface area contributed by atoms with Crippen molar-refractivity contribution in [2.24, 2.45) is 5.41 Å². The Labute approximate surface area is 125 Å². The minimum Gasteiger partial charge on any atom is -0.396 e. The number of anilines is 1. The monoisotopic (exact) mass is 292 g/mol. The minimum absolute atomic E-state index is 0.0658. The molecule has 0 aromatic carbocycles. The van der Waals surface area contributed by atoms with Gasteiger partial charge >= 0.3 is 0 Å². The summed E-state index contributed by atoms with van der Waals surface area (Å²) < 4.78 is 5.59. The SMILES string of the molecule is OCC1(CN2CCN(c3ncccn3)CC2)CCCOC1. The number of hydrogen-bond donors (Lipinski definition) is 1. The van der Waals surface area contributed by atoms with Crippen molar-refractivity contribution in [2.45, 2.75) is 12.8 Å². The predicted octanol–water partition coefficient (Wildman–Crippen LogP) is 0.388. The van der Waals surface area contributed by atoms with Gasteiger partial charge in [0.2, 0.25) is 5.95 Å². The number of rotatable bonds is 4. The van der Waals surface area contributed by atoms with Gasteiger partial charge in [0, 0.05) is 57.1 Å². The molecule has 3 heterocycles. The van der Waals surface area contributed by atoms with E-state index in [1.807, 2.05) is 6.07 Å². The first-order valence-electron chi connectivity index (χ1n) is 7.74. The number of piperazine rings is 1. The lowest BCUT2D eigenvalue weighted by molar-refractivity contribution is -0.0558. The van der Waals surface area contributed by atoms with Gasteiger partial charge in [-0.15, -0.1) is 0 Å². The van der Waals surface area contributed by atoms with Gasteiger partial charge in [-0.2, -0.15) is 0 Å². The van der Waals surface area contributed by atoms with Crippen molar-refractivity contribution >= 4 is 5.95 Å². The Morgan fingerprint density at radius 1 is 1.19 bits per heavy atom. The van der Waals surface area contributed by atoms with E-state index in [0.717, 1.165) is 58.1 Å². The maximum Gasteiger partial charge on any atom is 0.225 e. The summed E-state index contributed by atoms with van der Waals surface area (Å²) in [7, 11) is 0. The molecule has 1 atom stereocenters. The Hall–Kier alpha value is -1.24. The molecule has 1 aromatic rings. The fourth-order valence-electron chi connectivity index (χ4n) is 3.24. The summed E-state index contributed by atoms with van der Waals surface area (Å²) in [5.74, 6) is 0.815. The van der Waals surface area contributed by atoms with E-state index < -0.39 is 0 Å². The Balaban J connectivity index is 1.53. The highest BCUT2D eigenvalue weighted by atomic mass is 16.5. The summed E-state index contributed by atoms with van der Waals surface area (Å²) >= 11 is 0. The van der Waals surface area contributed by atoms with E-state index in [1.165, 1.54) is 0 Å². The molecule has 1 aromatic heterocycles. The average Bonchev–Trinajstić information content (AvgIpc) is 2.57. The molecular formula is C15H24N4O2. The van der Waals surface area contributed by atoms with Crippen molar-refractivity contribution in [1.82, 2.24) is 14.9 Å². The van der Waals surface area contributed by atoms with Gasteiger partial charge in [0.25, 0.3) is 0 Å². The lowest BCUT2D eigenvalue weighted by Crippen LogP contribution is -2.53. The zero-order valence-electron chi connectivity index (χ0n) is 12.4. The molecule has 6 heteroatoms. The van der Waals surface area contributed by atoms with Crippen molar-refractivity contribution in [3.8, 4) is 0 Å². The van der Waals surface area contributed by atoms with E-state index >= 15 is 0 Å². The molecule has 0 spiro atoms. The first-order chi connectivity index (χ1) is 10.3. The van der Waals surface area contributed by atoms with Crippen LogP contribution in [0.2, 0.25) is 0 Å². The molecule has 2 aliphatic rings. The average molecular weight is 292 g/mol. The first kappa shape index (κ1) is 14.7. The van der Waals surface area contributed by atoms with E-state index in [9.17, 15) is 5.11 Å². The van der Waals surface area contributed by atoms with Gasteiger partial charge < -0.3 is 14.7 Å². The summed E-state index contributed by atoms with van der Waals surface area (Å²) in [4.78, 5) is 13.3. The van der Waals surface area contributed by atoms with Crippen LogP contribution in [0, 0.1) is 5.41 Å². The van der Waals surface area contributed by atoms with Gasteiger partial charge in [-0.3, -0.25) is 4.90 Å². The van der Waals surface area contributed by atoms with Crippen LogP contribution in [-0.4, -0.2) is 72.5 Å². The zero-order valence-corrected chi connectivity index (χ0v) is 12.4. The van der Waals surface area contributed by atoms with Crippen LogP contribution < -0.4 is 4.90 Å². The number of aliphatic hydroxyl groups excluding tert-OH is 1. The zero-order chi connectivity index (χ0) is 14.5. The van der Waals surface area contributed by atoms with E-state index in [0.29, 0.717) is 6.61 Å². The van der Waals surface area contributed by atoms with Crippen LogP contribution in [0.25, 0.3) is 0 Å². The van der Waals surface area contributed by atoms with Crippen LogP contribution in [0.1, 0.15) is 12.8 Å². The van der Waals surface area contributed by atoms with Crippen molar-refractivity contribution < 1.29 is 9.84 Å². The van der Waals surface area contributed by atoms with Crippen molar-refractivity contribution in [2.75, 3.05) is 57.4 Å². The highest BCUT2D eigenvalue weighted by molar-refractivity contribution is 5.29. The fourth-order valence-corrected chi connectivity index (χ4v) is 3.24. The number of hydrogen-bond acceptors (Lipinski definition) is 6. The predicted molar refractivity (Wildman–Crippen MR) is 80.3 cm³/mol. The maximum absolute atomic E-state index is 9.77. The topological polar surface area (TPSA) is 61.7 Å². The number of ether oxygens (including phenoxy) is 1. The van der Waals surface area contributed by atoms with E-state index in [1.54, 1.807) is 12.4 Å².